The van der Waals surface area contributed by atoms with Crippen LogP contribution in [0.5, 0.6) is 0 Å². The Labute approximate surface area is 145 Å². The number of esters is 1. The van der Waals surface area contributed by atoms with Crippen LogP contribution in [0.1, 0.15) is 20.9 Å². The normalized spacial score (nSPS) is 10.3. The molecule has 2 aromatic rings. The average Bonchev–Trinajstić information content (AvgIpc) is 2.87. The Morgan fingerprint density at radius 1 is 1.19 bits per heavy atom. The van der Waals surface area contributed by atoms with E-state index < -0.39 is 11.9 Å². The van der Waals surface area contributed by atoms with Crippen molar-refractivity contribution in [3.05, 3.63) is 49.2 Å². The molecule has 0 spiro atoms. The van der Waals surface area contributed by atoms with Gasteiger partial charge in [0.25, 0.3) is 5.91 Å². The Hall–Kier alpha value is -1.12. The van der Waals surface area contributed by atoms with Gasteiger partial charge in [-0.15, -0.1) is 0 Å². The molecule has 0 bridgehead atoms. The van der Waals surface area contributed by atoms with E-state index in [-0.39, 0.29) is 11.3 Å². The van der Waals surface area contributed by atoms with Crippen molar-refractivity contribution in [2.24, 2.45) is 0 Å². The molecule has 0 aliphatic rings. The summed E-state index contributed by atoms with van der Waals surface area (Å²) in [5.74, 6) is -0.922. The number of carbonyl (C=O) groups excluding carboxylic acids is 2. The molecule has 0 fully saturated rings. The summed E-state index contributed by atoms with van der Waals surface area (Å²) >= 11 is 9.72. The number of nitrogens with one attached hydrogen (secondary N) is 1. The van der Waals surface area contributed by atoms with Gasteiger partial charge in [-0.05, 0) is 56.1 Å². The molecular formula is C13H8Br3NO4. The minimum Gasteiger partial charge on any atom is -0.465 e. The molecule has 0 saturated carbocycles. The number of rotatable bonds is 3. The Kier molecular flexibility index (Phi) is 5.23. The molecule has 110 valence electrons. The minimum absolute atomic E-state index is 0.118. The molecule has 1 heterocycles. The molecule has 0 aliphatic heterocycles. The van der Waals surface area contributed by atoms with Gasteiger partial charge in [0, 0.05) is 8.95 Å². The second-order valence-corrected chi connectivity index (χ2v) is 6.41. The van der Waals surface area contributed by atoms with Gasteiger partial charge in [0.2, 0.25) is 0 Å². The van der Waals surface area contributed by atoms with E-state index in [9.17, 15) is 9.59 Å². The van der Waals surface area contributed by atoms with Crippen molar-refractivity contribution in [1.82, 2.24) is 0 Å². The maximum atomic E-state index is 12.1. The van der Waals surface area contributed by atoms with Gasteiger partial charge in [-0.25, -0.2) is 4.79 Å². The third-order valence-corrected chi connectivity index (χ3v) is 4.01. The number of amides is 1. The lowest BCUT2D eigenvalue weighted by molar-refractivity contribution is 0.0602. The molecule has 1 aromatic heterocycles. The number of hydrogen-bond donors (Lipinski definition) is 1. The maximum Gasteiger partial charge on any atom is 0.340 e. The SMILES string of the molecule is COC(=O)c1cc(Br)cc(Br)c1NC(=O)c1ccc(Br)o1. The highest BCUT2D eigenvalue weighted by Gasteiger charge is 2.20. The summed E-state index contributed by atoms with van der Waals surface area (Å²) in [5.41, 5.74) is 0.528. The van der Waals surface area contributed by atoms with E-state index in [1.54, 1.807) is 18.2 Å². The van der Waals surface area contributed by atoms with E-state index in [4.69, 9.17) is 9.15 Å². The zero-order valence-electron chi connectivity index (χ0n) is 10.6. The summed E-state index contributed by atoms with van der Waals surface area (Å²) in [6.07, 6.45) is 0. The highest BCUT2D eigenvalue weighted by Crippen LogP contribution is 2.32. The Morgan fingerprint density at radius 2 is 1.90 bits per heavy atom. The standard InChI is InChI=1S/C13H8Br3NO4/c1-20-13(19)7-4-6(14)5-8(15)11(7)17-12(18)9-2-3-10(16)21-9/h2-5H,1H3,(H,17,18). The molecule has 2 rings (SSSR count). The average molecular weight is 482 g/mol. The van der Waals surface area contributed by atoms with Crippen molar-refractivity contribution in [3.63, 3.8) is 0 Å². The first-order valence-electron chi connectivity index (χ1n) is 5.56. The van der Waals surface area contributed by atoms with Crippen molar-refractivity contribution in [1.29, 1.82) is 0 Å². The highest BCUT2D eigenvalue weighted by atomic mass is 79.9. The first kappa shape index (κ1) is 16.3. The monoisotopic (exact) mass is 479 g/mol. The summed E-state index contributed by atoms with van der Waals surface area (Å²) in [6, 6.07) is 6.39. The Balaban J connectivity index is 2.39. The zero-order chi connectivity index (χ0) is 15.6. The summed E-state index contributed by atoms with van der Waals surface area (Å²) in [5, 5.41) is 2.63. The predicted octanol–water partition coefficient (Wildman–Crippen LogP) is 4.61. The van der Waals surface area contributed by atoms with Crippen LogP contribution in [0.3, 0.4) is 0 Å². The van der Waals surface area contributed by atoms with E-state index in [0.29, 0.717) is 19.3 Å². The number of methoxy groups -OCH3 is 1. The van der Waals surface area contributed by atoms with Crippen LogP contribution in [-0.4, -0.2) is 19.0 Å². The number of halogens is 3. The topological polar surface area (TPSA) is 68.5 Å². The van der Waals surface area contributed by atoms with Gasteiger partial charge in [-0.2, -0.15) is 0 Å². The summed E-state index contributed by atoms with van der Waals surface area (Å²) in [4.78, 5) is 23.9. The fourth-order valence-electron chi connectivity index (χ4n) is 1.58. The molecule has 0 saturated heterocycles. The molecule has 1 N–H and O–H groups in total. The molecule has 1 amide bonds. The van der Waals surface area contributed by atoms with Gasteiger partial charge in [-0.1, -0.05) is 15.9 Å². The highest BCUT2D eigenvalue weighted by molar-refractivity contribution is 9.11. The molecule has 0 aliphatic carbocycles. The van der Waals surface area contributed by atoms with E-state index in [1.807, 2.05) is 0 Å². The molecule has 0 radical (unpaired) electrons. The van der Waals surface area contributed by atoms with Crippen molar-refractivity contribution in [2.45, 2.75) is 0 Å². The van der Waals surface area contributed by atoms with Crippen LogP contribution < -0.4 is 5.32 Å². The van der Waals surface area contributed by atoms with Crippen molar-refractivity contribution in [3.8, 4) is 0 Å². The Morgan fingerprint density at radius 3 is 2.48 bits per heavy atom. The van der Waals surface area contributed by atoms with Gasteiger partial charge < -0.3 is 14.5 Å². The molecule has 0 unspecified atom stereocenters. The number of furan rings is 1. The second kappa shape index (κ2) is 6.76. The molecule has 1 aromatic carbocycles. The van der Waals surface area contributed by atoms with Crippen LogP contribution in [0.4, 0.5) is 5.69 Å². The summed E-state index contributed by atoms with van der Waals surface area (Å²) in [7, 11) is 1.27. The third-order valence-electron chi connectivity index (χ3n) is 2.50. The summed E-state index contributed by atoms with van der Waals surface area (Å²) in [6.45, 7) is 0. The van der Waals surface area contributed by atoms with Crippen LogP contribution in [0.25, 0.3) is 0 Å². The van der Waals surface area contributed by atoms with Gasteiger partial charge >= 0.3 is 5.97 Å². The number of ether oxygens (including phenoxy) is 1. The molecule has 5 nitrogen and oxygen atoms in total. The number of carbonyl (C=O) groups is 2. The van der Waals surface area contributed by atoms with Gasteiger partial charge in [-0.3, -0.25) is 4.79 Å². The second-order valence-electron chi connectivity index (χ2n) is 3.86. The van der Waals surface area contributed by atoms with Crippen molar-refractivity contribution >= 4 is 65.4 Å². The summed E-state index contributed by atoms with van der Waals surface area (Å²) < 4.78 is 11.5. The molecule has 0 atom stereocenters. The predicted molar refractivity (Wildman–Crippen MR) is 87.5 cm³/mol. The van der Waals surface area contributed by atoms with Crippen LogP contribution in [-0.2, 0) is 4.74 Å². The fraction of sp³-hybridized carbons (Fsp3) is 0.0769. The maximum absolute atomic E-state index is 12.1. The molecule has 21 heavy (non-hydrogen) atoms. The van der Waals surface area contributed by atoms with E-state index >= 15 is 0 Å². The lowest BCUT2D eigenvalue weighted by Gasteiger charge is -2.11. The third kappa shape index (κ3) is 3.75. The van der Waals surface area contributed by atoms with Crippen LogP contribution in [0.2, 0.25) is 0 Å². The largest absolute Gasteiger partial charge is 0.465 e. The number of hydrogen-bond acceptors (Lipinski definition) is 4. The van der Waals surface area contributed by atoms with Gasteiger partial charge in [0.1, 0.15) is 0 Å². The fourth-order valence-corrected chi connectivity index (χ4v) is 3.21. The van der Waals surface area contributed by atoms with Crippen LogP contribution >= 0.6 is 47.8 Å². The molecular weight excluding hydrogens is 474 g/mol. The molecule has 8 heteroatoms. The van der Waals surface area contributed by atoms with Crippen LogP contribution in [0.15, 0.2) is 42.3 Å². The van der Waals surface area contributed by atoms with Crippen molar-refractivity contribution < 1.29 is 18.7 Å². The Bertz CT molecular complexity index is 711. The minimum atomic E-state index is -0.562. The first-order chi connectivity index (χ1) is 9.92. The lowest BCUT2D eigenvalue weighted by atomic mass is 10.1. The van der Waals surface area contributed by atoms with E-state index in [0.717, 1.165) is 0 Å². The van der Waals surface area contributed by atoms with Gasteiger partial charge in [0.05, 0.1) is 18.4 Å². The smallest absolute Gasteiger partial charge is 0.340 e. The first-order valence-corrected chi connectivity index (χ1v) is 7.94. The van der Waals surface area contributed by atoms with Crippen LogP contribution in [0, 0.1) is 0 Å². The van der Waals surface area contributed by atoms with E-state index in [1.165, 1.54) is 13.2 Å². The van der Waals surface area contributed by atoms with Crippen molar-refractivity contribution in [2.75, 3.05) is 12.4 Å². The number of benzene rings is 1. The lowest BCUT2D eigenvalue weighted by Crippen LogP contribution is -2.15. The number of anilines is 1. The zero-order valence-corrected chi connectivity index (χ0v) is 15.3. The van der Waals surface area contributed by atoms with Gasteiger partial charge in [0.15, 0.2) is 10.4 Å². The quantitative estimate of drug-likeness (QED) is 0.650. The van der Waals surface area contributed by atoms with E-state index in [2.05, 4.69) is 53.1 Å².